The Balaban J connectivity index is 1.72. The average molecular weight is 1030 g/mol. The van der Waals surface area contributed by atoms with Crippen molar-refractivity contribution in [3.63, 3.8) is 0 Å². The summed E-state index contributed by atoms with van der Waals surface area (Å²) in [4.78, 5) is 11.5. The summed E-state index contributed by atoms with van der Waals surface area (Å²) in [5, 5.41) is 98.4. The second kappa shape index (κ2) is 33.2. The van der Waals surface area contributed by atoms with Crippen LogP contribution < -0.4 is 0 Å². The first-order chi connectivity index (χ1) is 34.1. The maximum Gasteiger partial charge on any atom is 0.187 e. The van der Waals surface area contributed by atoms with E-state index in [-0.39, 0.29) is 31.7 Å². The fraction of sp³-hybridized carbons (Fsp3) is 0.980. The van der Waals surface area contributed by atoms with Crippen molar-refractivity contribution in [2.45, 2.75) is 292 Å². The average Bonchev–Trinajstić information content (AvgIpc) is 3.35. The van der Waals surface area contributed by atoms with Crippen LogP contribution in [0.15, 0.2) is 0 Å². The van der Waals surface area contributed by atoms with Crippen LogP contribution in [0.4, 0.5) is 0 Å². The van der Waals surface area contributed by atoms with E-state index in [1.807, 2.05) is 13.8 Å². The Morgan fingerprint density at radius 3 is 1.52 bits per heavy atom. The van der Waals surface area contributed by atoms with E-state index in [1.54, 1.807) is 6.92 Å². The van der Waals surface area contributed by atoms with Gasteiger partial charge in [0, 0.05) is 19.6 Å². The molecule has 20 nitrogen and oxygen atoms in total. The van der Waals surface area contributed by atoms with Crippen molar-refractivity contribution in [1.82, 2.24) is 0 Å². The van der Waals surface area contributed by atoms with Crippen LogP contribution >= 0.6 is 0 Å². The monoisotopic (exact) mass is 1030 g/mol. The summed E-state index contributed by atoms with van der Waals surface area (Å²) < 4.78 is 63.9. The fourth-order valence-electron chi connectivity index (χ4n) is 9.55. The lowest BCUT2D eigenvalue weighted by atomic mass is 9.95. The predicted octanol–water partition coefficient (Wildman–Crippen LogP) is 2.81. The van der Waals surface area contributed by atoms with Crippen LogP contribution in [-0.2, 0) is 52.2 Å². The van der Waals surface area contributed by atoms with Gasteiger partial charge in [0.15, 0.2) is 25.2 Å². The largest absolute Gasteiger partial charge is 0.394 e. The summed E-state index contributed by atoms with van der Waals surface area (Å²) >= 11 is 0. The highest BCUT2D eigenvalue weighted by Gasteiger charge is 2.56. The van der Waals surface area contributed by atoms with Gasteiger partial charge >= 0.3 is 0 Å². The molecule has 0 amide bonds. The molecule has 4 heterocycles. The third-order valence-electron chi connectivity index (χ3n) is 14.2. The Morgan fingerprint density at radius 2 is 0.958 bits per heavy atom. The Morgan fingerprint density at radius 1 is 0.465 bits per heavy atom. The lowest BCUT2D eigenvalue weighted by molar-refractivity contribution is -0.401. The van der Waals surface area contributed by atoms with E-state index in [4.69, 9.17) is 47.4 Å². The van der Waals surface area contributed by atoms with E-state index < -0.39 is 129 Å². The van der Waals surface area contributed by atoms with Crippen LogP contribution in [0.1, 0.15) is 164 Å². The second-order valence-electron chi connectivity index (χ2n) is 20.2. The number of unbranched alkanes of at least 4 members (excludes halogenated alkanes) is 12. The molecule has 4 fully saturated rings. The number of aliphatic hydroxyl groups is 9. The molecule has 4 rings (SSSR count). The summed E-state index contributed by atoms with van der Waals surface area (Å²) in [5.41, 5.74) is 0. The molecule has 4 aliphatic heterocycles. The van der Waals surface area contributed by atoms with E-state index in [0.717, 1.165) is 77.0 Å². The number of hydrogen-bond donors (Lipinski definition) is 9. The molecule has 0 saturated carbocycles. The van der Waals surface area contributed by atoms with Gasteiger partial charge in [0.25, 0.3) is 0 Å². The standard InChI is InChI=1S/C51H94O20/c1-7-10-13-14-15-18-21-24-33(25-22-19-16-17-20-23-30(4)53)67-50-45(41(59)38(56)34(28-52)68-50)70-51-47(71-49-43(61)40(58)37(55)32(6)66-49)46(63-27-12-9-3)44(62-26-11-8-2)35(69-51)29-64-48-42(60)39(57)36(54)31(5)65-48/h31-52,54-61H,7-29H2,1-6H3/t31-,32-,33-,34-,35-,36+,37-,38-,39+,40+,41+,42+,43-,44-,45-,46+,47-,48-,49+,50-,51+/m1/s1. The van der Waals surface area contributed by atoms with Crippen molar-refractivity contribution in [1.29, 1.82) is 0 Å². The molecule has 418 valence electrons. The molecule has 20 heteroatoms. The minimum absolute atomic E-state index is 0.171. The molecule has 0 bridgehead atoms. The Labute approximate surface area is 421 Å². The van der Waals surface area contributed by atoms with E-state index in [0.29, 0.717) is 32.1 Å². The molecule has 0 aromatic heterocycles. The van der Waals surface area contributed by atoms with Crippen molar-refractivity contribution in [2.24, 2.45) is 0 Å². The van der Waals surface area contributed by atoms with Crippen molar-refractivity contribution in [3.8, 4) is 0 Å². The van der Waals surface area contributed by atoms with Gasteiger partial charge in [-0.1, -0.05) is 104 Å². The molecule has 21 atom stereocenters. The van der Waals surface area contributed by atoms with Gasteiger partial charge in [-0.3, -0.25) is 0 Å². The zero-order valence-electron chi connectivity index (χ0n) is 43.4. The number of Topliss-reactive ketones (excluding diaryl/α,β-unsaturated/α-hetero) is 1. The maximum atomic E-state index is 12.0. The number of carbonyl (C=O) groups excluding carboxylic acids is 1. The molecule has 0 aromatic rings. The lowest BCUT2D eigenvalue weighted by Gasteiger charge is -2.50. The minimum Gasteiger partial charge on any atom is -0.394 e. The van der Waals surface area contributed by atoms with Crippen molar-refractivity contribution >= 4 is 5.78 Å². The Kier molecular flexibility index (Phi) is 29.2. The molecule has 9 N–H and O–H groups in total. The number of ether oxygens (including phenoxy) is 10. The highest BCUT2D eigenvalue weighted by molar-refractivity contribution is 5.75. The van der Waals surface area contributed by atoms with Crippen LogP contribution in [0, 0.1) is 0 Å². The third kappa shape index (κ3) is 19.2. The Hall–Kier alpha value is -1.09. The summed E-state index contributed by atoms with van der Waals surface area (Å²) in [6.07, 6.45) is -12.0. The summed E-state index contributed by atoms with van der Waals surface area (Å²) in [6.45, 7) is 10.2. The molecule has 0 aliphatic carbocycles. The molecule has 0 spiro atoms. The van der Waals surface area contributed by atoms with Gasteiger partial charge in [-0.2, -0.15) is 0 Å². The molecule has 0 radical (unpaired) electrons. The molecule has 0 unspecified atom stereocenters. The van der Waals surface area contributed by atoms with Crippen molar-refractivity contribution < 1.29 is 98.1 Å². The summed E-state index contributed by atoms with van der Waals surface area (Å²) in [6, 6.07) is 0. The van der Waals surface area contributed by atoms with E-state index in [1.165, 1.54) is 26.7 Å². The van der Waals surface area contributed by atoms with Crippen molar-refractivity contribution in [3.05, 3.63) is 0 Å². The predicted molar refractivity (Wildman–Crippen MR) is 257 cm³/mol. The van der Waals surface area contributed by atoms with Crippen LogP contribution in [0.25, 0.3) is 0 Å². The molecule has 71 heavy (non-hydrogen) atoms. The van der Waals surface area contributed by atoms with E-state index in [9.17, 15) is 50.8 Å². The topological polar surface area (TPSA) is 291 Å². The summed E-state index contributed by atoms with van der Waals surface area (Å²) in [5.74, 6) is 0.171. The third-order valence-corrected chi connectivity index (χ3v) is 14.2. The van der Waals surface area contributed by atoms with E-state index in [2.05, 4.69) is 6.92 Å². The van der Waals surface area contributed by atoms with Crippen LogP contribution in [0.3, 0.4) is 0 Å². The molecule has 4 aliphatic rings. The normalized spacial score (nSPS) is 38.4. The highest BCUT2D eigenvalue weighted by atomic mass is 16.8. The highest BCUT2D eigenvalue weighted by Crippen LogP contribution is 2.37. The fourth-order valence-corrected chi connectivity index (χ4v) is 9.55. The minimum atomic E-state index is -1.76. The van der Waals surface area contributed by atoms with Crippen LogP contribution in [-0.4, -0.2) is 207 Å². The van der Waals surface area contributed by atoms with Gasteiger partial charge in [0.05, 0.1) is 31.5 Å². The second-order valence-corrected chi connectivity index (χ2v) is 20.2. The Bertz CT molecular complexity index is 1420. The molecular weight excluding hydrogens is 933 g/mol. The first-order valence-electron chi connectivity index (χ1n) is 27.1. The van der Waals surface area contributed by atoms with E-state index >= 15 is 0 Å². The van der Waals surface area contributed by atoms with Gasteiger partial charge < -0.3 is 98.1 Å². The SMILES string of the molecule is CCCCCCCCC[C@H](CCCCCCCC(C)=O)O[C@@H]1O[C@H](CO)[C@@H](O)[C@H](O)[C@H]1O[C@@H]1O[C@H](CO[C@@H]2O[C@H](C)[C@H](O)[C@H](O)[C@@H]2O)[C@@H](OCCCC)[C@H](OCCCC)[C@H]1O[C@@H]1O[C@H](C)[C@@H](O)[C@H](O)[C@H]1O. The van der Waals surface area contributed by atoms with Crippen LogP contribution in [0.2, 0.25) is 0 Å². The van der Waals surface area contributed by atoms with Crippen molar-refractivity contribution in [2.75, 3.05) is 26.4 Å². The molecule has 0 aromatic carbocycles. The van der Waals surface area contributed by atoms with Gasteiger partial charge in [0.2, 0.25) is 0 Å². The molecular formula is C51H94O20. The molecule has 4 saturated heterocycles. The summed E-state index contributed by atoms with van der Waals surface area (Å²) in [7, 11) is 0. The number of ketones is 1. The zero-order chi connectivity index (χ0) is 52.0. The first-order valence-corrected chi connectivity index (χ1v) is 27.1. The number of carbonyl (C=O) groups is 1. The van der Waals surface area contributed by atoms with Gasteiger partial charge in [-0.25, -0.2) is 0 Å². The quantitative estimate of drug-likeness (QED) is 0.0419. The lowest BCUT2D eigenvalue weighted by Crippen LogP contribution is -2.68. The number of hydrogen-bond acceptors (Lipinski definition) is 20. The zero-order valence-corrected chi connectivity index (χ0v) is 43.4. The number of aliphatic hydroxyl groups excluding tert-OH is 9. The maximum absolute atomic E-state index is 12.0. The van der Waals surface area contributed by atoms with Crippen LogP contribution in [0.5, 0.6) is 0 Å². The van der Waals surface area contributed by atoms with Gasteiger partial charge in [0.1, 0.15) is 91.2 Å². The van der Waals surface area contributed by atoms with Gasteiger partial charge in [-0.05, 0) is 52.9 Å². The first kappa shape index (κ1) is 62.4. The van der Waals surface area contributed by atoms with Gasteiger partial charge in [-0.15, -0.1) is 0 Å². The smallest absolute Gasteiger partial charge is 0.187 e. The number of rotatable bonds is 34.